The van der Waals surface area contributed by atoms with Gasteiger partial charge in [-0.25, -0.2) is 0 Å². The highest BCUT2D eigenvalue weighted by Gasteiger charge is 2.24. The van der Waals surface area contributed by atoms with E-state index in [-0.39, 0.29) is 6.29 Å². The van der Waals surface area contributed by atoms with E-state index >= 15 is 0 Å². The molecule has 0 aromatic carbocycles. The van der Waals surface area contributed by atoms with Crippen LogP contribution in [-0.2, 0) is 9.47 Å². The van der Waals surface area contributed by atoms with Gasteiger partial charge >= 0.3 is 0 Å². The molecule has 2 aromatic rings. The van der Waals surface area contributed by atoms with E-state index in [0.717, 1.165) is 9.35 Å². The summed E-state index contributed by atoms with van der Waals surface area (Å²) in [5.41, 5.74) is 1.14. The summed E-state index contributed by atoms with van der Waals surface area (Å²) < 4.78 is 12.2. The summed E-state index contributed by atoms with van der Waals surface area (Å²) in [6.07, 6.45) is -0.195. The van der Waals surface area contributed by atoms with Gasteiger partial charge in [0.2, 0.25) is 0 Å². The zero-order valence-corrected chi connectivity index (χ0v) is 11.5. The Morgan fingerprint density at radius 1 is 1.31 bits per heavy atom. The van der Waals surface area contributed by atoms with E-state index in [9.17, 15) is 0 Å². The molecule has 2 aromatic heterocycles. The van der Waals surface area contributed by atoms with Crippen molar-refractivity contribution < 1.29 is 9.47 Å². The van der Waals surface area contributed by atoms with Gasteiger partial charge in [-0.1, -0.05) is 6.07 Å². The second-order valence-electron chi connectivity index (χ2n) is 3.39. The topological polar surface area (TPSA) is 18.5 Å². The Morgan fingerprint density at radius 2 is 2.12 bits per heavy atom. The summed E-state index contributed by atoms with van der Waals surface area (Å²) in [6, 6.07) is 6.28. The van der Waals surface area contributed by atoms with E-state index in [1.807, 2.05) is 0 Å². The summed E-state index contributed by atoms with van der Waals surface area (Å²) in [6.45, 7) is 1.37. The van der Waals surface area contributed by atoms with Gasteiger partial charge in [0.05, 0.1) is 21.9 Å². The highest BCUT2D eigenvalue weighted by Crippen LogP contribution is 2.42. The van der Waals surface area contributed by atoms with Gasteiger partial charge in [-0.05, 0) is 33.4 Å². The van der Waals surface area contributed by atoms with Crippen LogP contribution in [0.2, 0.25) is 0 Å². The highest BCUT2D eigenvalue weighted by molar-refractivity contribution is 9.11. The van der Waals surface area contributed by atoms with Crippen molar-refractivity contribution in [2.75, 3.05) is 13.2 Å². The molecule has 1 aliphatic heterocycles. The van der Waals surface area contributed by atoms with Crippen molar-refractivity contribution in [3.05, 3.63) is 32.9 Å². The van der Waals surface area contributed by atoms with Gasteiger partial charge in [0.15, 0.2) is 6.29 Å². The Bertz CT molecular complexity index is 472. The van der Waals surface area contributed by atoms with Gasteiger partial charge in [-0.3, -0.25) is 0 Å². The van der Waals surface area contributed by atoms with E-state index in [4.69, 9.17) is 9.47 Å². The normalized spacial score (nSPS) is 17.1. The van der Waals surface area contributed by atoms with Crippen molar-refractivity contribution in [3.63, 3.8) is 0 Å². The van der Waals surface area contributed by atoms with E-state index in [0.29, 0.717) is 13.2 Å². The fraction of sp³-hybridized carbons (Fsp3) is 0.273. The molecule has 84 valence electrons. The monoisotopic (exact) mass is 316 g/mol. The van der Waals surface area contributed by atoms with Gasteiger partial charge in [-0.15, -0.1) is 22.7 Å². The lowest BCUT2D eigenvalue weighted by Crippen LogP contribution is -1.97. The van der Waals surface area contributed by atoms with Gasteiger partial charge in [-0.2, -0.15) is 0 Å². The lowest BCUT2D eigenvalue weighted by molar-refractivity contribution is -0.0434. The standard InChI is InChI=1S/C11H9BrO2S2/c12-9-6-7(11-13-3-4-14-11)10(16-9)8-2-1-5-15-8/h1-2,5-6,11H,3-4H2. The van der Waals surface area contributed by atoms with E-state index in [2.05, 4.69) is 39.5 Å². The van der Waals surface area contributed by atoms with Gasteiger partial charge in [0.1, 0.15) is 0 Å². The number of rotatable bonds is 2. The third kappa shape index (κ3) is 1.98. The highest BCUT2D eigenvalue weighted by atomic mass is 79.9. The van der Waals surface area contributed by atoms with Crippen molar-refractivity contribution >= 4 is 38.6 Å². The first-order valence-electron chi connectivity index (χ1n) is 4.91. The molecule has 0 radical (unpaired) electrons. The molecule has 0 bridgehead atoms. The van der Waals surface area contributed by atoms with Crippen LogP contribution in [0.15, 0.2) is 27.4 Å². The molecular weight excluding hydrogens is 308 g/mol. The zero-order valence-electron chi connectivity index (χ0n) is 8.31. The third-order valence-corrected chi connectivity index (χ3v) is 5.06. The molecule has 1 fully saturated rings. The van der Waals surface area contributed by atoms with E-state index in [1.54, 1.807) is 22.7 Å². The molecule has 0 atom stereocenters. The van der Waals surface area contributed by atoms with Crippen molar-refractivity contribution in [1.82, 2.24) is 0 Å². The van der Waals surface area contributed by atoms with E-state index < -0.39 is 0 Å². The van der Waals surface area contributed by atoms with E-state index in [1.165, 1.54) is 9.75 Å². The second kappa shape index (κ2) is 4.58. The predicted molar refractivity (Wildman–Crippen MR) is 70.0 cm³/mol. The molecule has 0 aliphatic carbocycles. The summed E-state index contributed by atoms with van der Waals surface area (Å²) in [5, 5.41) is 2.09. The van der Waals surface area contributed by atoms with Crippen LogP contribution in [-0.4, -0.2) is 13.2 Å². The van der Waals surface area contributed by atoms with Crippen LogP contribution in [0.1, 0.15) is 11.9 Å². The molecule has 0 amide bonds. The summed E-state index contributed by atoms with van der Waals surface area (Å²) in [7, 11) is 0. The SMILES string of the molecule is Brc1cc(C2OCCO2)c(-c2cccs2)s1. The van der Waals surface area contributed by atoms with Crippen molar-refractivity contribution in [3.8, 4) is 9.75 Å². The average molecular weight is 317 g/mol. The molecule has 16 heavy (non-hydrogen) atoms. The Kier molecular flexibility index (Phi) is 3.13. The molecule has 3 rings (SSSR count). The molecule has 0 N–H and O–H groups in total. The maximum Gasteiger partial charge on any atom is 0.185 e. The lowest BCUT2D eigenvalue weighted by Gasteiger charge is -2.08. The Labute approximate surface area is 110 Å². The van der Waals surface area contributed by atoms with Crippen LogP contribution in [0.4, 0.5) is 0 Å². The van der Waals surface area contributed by atoms with Crippen molar-refractivity contribution in [2.45, 2.75) is 6.29 Å². The summed E-state index contributed by atoms with van der Waals surface area (Å²) in [5.74, 6) is 0. The quantitative estimate of drug-likeness (QED) is 0.823. The molecular formula is C11H9BrO2S2. The van der Waals surface area contributed by atoms with Crippen molar-refractivity contribution in [1.29, 1.82) is 0 Å². The minimum Gasteiger partial charge on any atom is -0.346 e. The third-order valence-electron chi connectivity index (χ3n) is 2.35. The minimum absolute atomic E-state index is 0.195. The average Bonchev–Trinajstić information content (AvgIpc) is 2.98. The maximum atomic E-state index is 5.56. The molecule has 0 unspecified atom stereocenters. The van der Waals surface area contributed by atoms with Crippen LogP contribution in [0.5, 0.6) is 0 Å². The Balaban J connectivity index is 2.03. The number of ether oxygens (including phenoxy) is 2. The largest absolute Gasteiger partial charge is 0.346 e. The molecule has 1 saturated heterocycles. The van der Waals surface area contributed by atoms with Gasteiger partial charge in [0, 0.05) is 10.4 Å². The first-order valence-corrected chi connectivity index (χ1v) is 7.40. The minimum atomic E-state index is -0.195. The molecule has 0 saturated carbocycles. The molecule has 3 heterocycles. The number of halogens is 1. The molecule has 2 nitrogen and oxygen atoms in total. The number of hydrogen-bond donors (Lipinski definition) is 0. The first-order chi connectivity index (χ1) is 7.84. The van der Waals surface area contributed by atoms with Gasteiger partial charge in [0.25, 0.3) is 0 Å². The molecule has 1 aliphatic rings. The van der Waals surface area contributed by atoms with Crippen LogP contribution in [0.3, 0.4) is 0 Å². The maximum absolute atomic E-state index is 5.56. The van der Waals surface area contributed by atoms with Gasteiger partial charge < -0.3 is 9.47 Å². The Hall–Kier alpha value is -0.200. The lowest BCUT2D eigenvalue weighted by atomic mass is 10.2. The number of hydrogen-bond acceptors (Lipinski definition) is 4. The zero-order chi connectivity index (χ0) is 11.0. The molecule has 0 spiro atoms. The van der Waals surface area contributed by atoms with Crippen LogP contribution >= 0.6 is 38.6 Å². The fourth-order valence-corrected chi connectivity index (χ4v) is 4.20. The van der Waals surface area contributed by atoms with Crippen LogP contribution in [0.25, 0.3) is 9.75 Å². The molecule has 5 heteroatoms. The fourth-order valence-electron chi connectivity index (χ4n) is 1.69. The second-order valence-corrected chi connectivity index (χ2v) is 6.76. The van der Waals surface area contributed by atoms with Crippen LogP contribution in [0, 0.1) is 0 Å². The Morgan fingerprint density at radius 3 is 2.81 bits per heavy atom. The first kappa shape index (κ1) is 10.9. The van der Waals surface area contributed by atoms with Crippen LogP contribution < -0.4 is 0 Å². The predicted octanol–water partition coefficient (Wildman–Crippen LogP) is 4.28. The van der Waals surface area contributed by atoms with Crippen molar-refractivity contribution in [2.24, 2.45) is 0 Å². The summed E-state index contributed by atoms with van der Waals surface area (Å²) >= 11 is 6.99. The summed E-state index contributed by atoms with van der Waals surface area (Å²) in [4.78, 5) is 2.51. The smallest absolute Gasteiger partial charge is 0.185 e. The number of thiophene rings is 2.